The van der Waals surface area contributed by atoms with Crippen molar-refractivity contribution in [2.75, 3.05) is 11.1 Å². The van der Waals surface area contributed by atoms with Gasteiger partial charge in [-0.2, -0.15) is 0 Å². The van der Waals surface area contributed by atoms with Crippen LogP contribution in [-0.4, -0.2) is 6.10 Å². The fourth-order valence-corrected chi connectivity index (χ4v) is 2.10. The third-order valence-electron chi connectivity index (χ3n) is 2.82. The van der Waals surface area contributed by atoms with Gasteiger partial charge in [0.1, 0.15) is 5.75 Å². The minimum atomic E-state index is 0.0995. The predicted octanol–water partition coefficient (Wildman–Crippen LogP) is 4.87. The summed E-state index contributed by atoms with van der Waals surface area (Å²) in [7, 11) is 0. The third-order valence-corrected chi connectivity index (χ3v) is 3.71. The molecule has 2 aromatic rings. The summed E-state index contributed by atoms with van der Waals surface area (Å²) in [6.07, 6.45) is 0.0995. The molecule has 0 unspecified atom stereocenters. The van der Waals surface area contributed by atoms with Crippen LogP contribution >= 0.6 is 15.9 Å². The molecule has 2 rings (SSSR count). The molecule has 0 heterocycles. The van der Waals surface area contributed by atoms with Crippen LogP contribution in [0.2, 0.25) is 0 Å². The van der Waals surface area contributed by atoms with E-state index < -0.39 is 0 Å². The zero-order chi connectivity index (χ0) is 14.7. The number of ether oxygens (including phenoxy) is 1. The van der Waals surface area contributed by atoms with Crippen LogP contribution in [0.5, 0.6) is 5.75 Å². The van der Waals surface area contributed by atoms with Crippen LogP contribution in [0.3, 0.4) is 0 Å². The first kappa shape index (κ1) is 14.7. The molecule has 0 aliphatic carbocycles. The monoisotopic (exact) mass is 334 g/mol. The second kappa shape index (κ2) is 6.18. The smallest absolute Gasteiger partial charge is 0.144 e. The number of nitrogen functional groups attached to an aromatic ring is 1. The first-order chi connectivity index (χ1) is 9.45. The maximum absolute atomic E-state index is 5.92. The van der Waals surface area contributed by atoms with E-state index >= 15 is 0 Å². The molecule has 0 spiro atoms. The molecule has 20 heavy (non-hydrogen) atoms. The molecule has 3 nitrogen and oxygen atoms in total. The molecule has 3 N–H and O–H groups in total. The lowest BCUT2D eigenvalue weighted by Crippen LogP contribution is -2.07. The molecule has 0 aromatic heterocycles. The summed E-state index contributed by atoms with van der Waals surface area (Å²) in [5.74, 6) is 0.707. The third kappa shape index (κ3) is 3.67. The predicted molar refractivity (Wildman–Crippen MR) is 88.8 cm³/mol. The van der Waals surface area contributed by atoms with Crippen LogP contribution in [0.15, 0.2) is 40.9 Å². The first-order valence-electron chi connectivity index (χ1n) is 6.55. The average Bonchev–Trinajstić information content (AvgIpc) is 2.37. The van der Waals surface area contributed by atoms with Crippen molar-refractivity contribution < 1.29 is 4.74 Å². The Morgan fingerprint density at radius 3 is 2.40 bits per heavy atom. The fourth-order valence-electron chi connectivity index (χ4n) is 1.86. The normalized spacial score (nSPS) is 10.7. The lowest BCUT2D eigenvalue weighted by molar-refractivity contribution is 0.244. The van der Waals surface area contributed by atoms with Gasteiger partial charge in [-0.1, -0.05) is 15.9 Å². The van der Waals surface area contributed by atoms with Gasteiger partial charge in [0.2, 0.25) is 0 Å². The van der Waals surface area contributed by atoms with Gasteiger partial charge in [0.25, 0.3) is 0 Å². The Morgan fingerprint density at radius 1 is 1.10 bits per heavy atom. The van der Waals surface area contributed by atoms with Gasteiger partial charge in [-0.15, -0.1) is 0 Å². The number of hydrogen-bond donors (Lipinski definition) is 2. The molecule has 0 fully saturated rings. The molecule has 106 valence electrons. The van der Waals surface area contributed by atoms with E-state index in [-0.39, 0.29) is 6.10 Å². The van der Waals surface area contributed by atoms with Gasteiger partial charge in [-0.25, -0.2) is 0 Å². The number of aryl methyl sites for hydroxylation is 1. The molecular formula is C16H19BrN2O. The Hall–Kier alpha value is -1.68. The van der Waals surface area contributed by atoms with Crippen molar-refractivity contribution >= 4 is 33.0 Å². The molecule has 0 bridgehead atoms. The van der Waals surface area contributed by atoms with Crippen molar-refractivity contribution in [1.29, 1.82) is 0 Å². The van der Waals surface area contributed by atoms with Gasteiger partial charge in [0.05, 0.1) is 11.8 Å². The van der Waals surface area contributed by atoms with Gasteiger partial charge in [0, 0.05) is 21.9 Å². The molecule has 0 atom stereocenters. The molecule has 0 radical (unpaired) electrons. The van der Waals surface area contributed by atoms with Crippen LogP contribution in [0, 0.1) is 6.92 Å². The van der Waals surface area contributed by atoms with Gasteiger partial charge in [-0.3, -0.25) is 0 Å². The zero-order valence-corrected chi connectivity index (χ0v) is 13.5. The van der Waals surface area contributed by atoms with E-state index in [1.807, 2.05) is 44.2 Å². The first-order valence-corrected chi connectivity index (χ1v) is 7.34. The highest BCUT2D eigenvalue weighted by Gasteiger charge is 2.05. The van der Waals surface area contributed by atoms with Gasteiger partial charge >= 0.3 is 0 Å². The lowest BCUT2D eigenvalue weighted by atomic mass is 10.2. The molecule has 0 saturated heterocycles. The van der Waals surface area contributed by atoms with Gasteiger partial charge in [-0.05, 0) is 56.7 Å². The number of nitrogens with two attached hydrogens (primary N) is 1. The fraction of sp³-hybridized carbons (Fsp3) is 0.250. The zero-order valence-electron chi connectivity index (χ0n) is 11.9. The molecule has 0 amide bonds. The second-order valence-corrected chi connectivity index (χ2v) is 5.86. The average molecular weight is 335 g/mol. The van der Waals surface area contributed by atoms with Crippen LogP contribution in [0.1, 0.15) is 19.4 Å². The Labute approximate surface area is 128 Å². The van der Waals surface area contributed by atoms with E-state index in [2.05, 4.69) is 34.2 Å². The summed E-state index contributed by atoms with van der Waals surface area (Å²) in [5, 5.41) is 3.36. The number of rotatable bonds is 4. The van der Waals surface area contributed by atoms with Gasteiger partial charge < -0.3 is 15.8 Å². The number of benzene rings is 2. The quantitative estimate of drug-likeness (QED) is 0.784. The van der Waals surface area contributed by atoms with Crippen molar-refractivity contribution in [3.05, 3.63) is 46.4 Å². The van der Waals surface area contributed by atoms with E-state index in [1.165, 1.54) is 5.56 Å². The Bertz CT molecular complexity index is 611. The molecular weight excluding hydrogens is 316 g/mol. The highest BCUT2D eigenvalue weighted by Crippen LogP contribution is 2.29. The van der Waals surface area contributed by atoms with E-state index in [4.69, 9.17) is 10.5 Å². The van der Waals surface area contributed by atoms with Crippen molar-refractivity contribution in [3.8, 4) is 5.75 Å². The van der Waals surface area contributed by atoms with Crippen LogP contribution in [-0.2, 0) is 0 Å². The van der Waals surface area contributed by atoms with Gasteiger partial charge in [0.15, 0.2) is 0 Å². The summed E-state index contributed by atoms with van der Waals surface area (Å²) in [5.41, 5.74) is 9.74. The summed E-state index contributed by atoms with van der Waals surface area (Å²) >= 11 is 3.50. The van der Waals surface area contributed by atoms with E-state index in [0.29, 0.717) is 11.4 Å². The summed E-state index contributed by atoms with van der Waals surface area (Å²) in [6, 6.07) is 11.9. The number of hydrogen-bond acceptors (Lipinski definition) is 3. The SMILES string of the molecule is Cc1cc(Nc2ccc(N)c(OC(C)C)c2)ccc1Br. The number of nitrogens with one attached hydrogen (secondary N) is 1. The molecule has 0 saturated carbocycles. The van der Waals surface area contributed by atoms with Crippen LogP contribution in [0.4, 0.5) is 17.1 Å². The number of anilines is 3. The second-order valence-electron chi connectivity index (χ2n) is 5.01. The van der Waals surface area contributed by atoms with Crippen molar-refractivity contribution in [1.82, 2.24) is 0 Å². The summed E-state index contributed by atoms with van der Waals surface area (Å²) in [6.45, 7) is 6.03. The standard InChI is InChI=1S/C16H19BrN2O/c1-10(2)20-16-9-13(5-7-15(16)18)19-12-4-6-14(17)11(3)8-12/h4-10,19H,18H2,1-3H3. The molecule has 4 heteroatoms. The summed E-state index contributed by atoms with van der Waals surface area (Å²) in [4.78, 5) is 0. The molecule has 2 aromatic carbocycles. The summed E-state index contributed by atoms with van der Waals surface area (Å²) < 4.78 is 6.79. The minimum absolute atomic E-state index is 0.0995. The minimum Gasteiger partial charge on any atom is -0.489 e. The highest BCUT2D eigenvalue weighted by molar-refractivity contribution is 9.10. The van der Waals surface area contributed by atoms with Crippen molar-refractivity contribution in [2.24, 2.45) is 0 Å². The highest BCUT2D eigenvalue weighted by atomic mass is 79.9. The Morgan fingerprint density at radius 2 is 1.75 bits per heavy atom. The Balaban J connectivity index is 2.22. The molecule has 0 aliphatic rings. The molecule has 0 aliphatic heterocycles. The lowest BCUT2D eigenvalue weighted by Gasteiger charge is -2.14. The largest absolute Gasteiger partial charge is 0.489 e. The van der Waals surface area contributed by atoms with Crippen LogP contribution in [0.25, 0.3) is 0 Å². The Kier molecular flexibility index (Phi) is 4.55. The maximum Gasteiger partial charge on any atom is 0.144 e. The van der Waals surface area contributed by atoms with Crippen molar-refractivity contribution in [2.45, 2.75) is 26.9 Å². The number of halogens is 1. The topological polar surface area (TPSA) is 47.3 Å². The van der Waals surface area contributed by atoms with E-state index in [9.17, 15) is 0 Å². The maximum atomic E-state index is 5.92. The van der Waals surface area contributed by atoms with Crippen molar-refractivity contribution in [3.63, 3.8) is 0 Å². The van der Waals surface area contributed by atoms with E-state index in [1.54, 1.807) is 0 Å². The van der Waals surface area contributed by atoms with Crippen LogP contribution < -0.4 is 15.8 Å². The van der Waals surface area contributed by atoms with E-state index in [0.717, 1.165) is 15.8 Å².